The van der Waals surface area contributed by atoms with Gasteiger partial charge in [0.15, 0.2) is 0 Å². The number of rotatable bonds is 3. The number of hydrogen-bond acceptors (Lipinski definition) is 4. The summed E-state index contributed by atoms with van der Waals surface area (Å²) < 4.78 is 0. The third-order valence-electron chi connectivity index (χ3n) is 16.5. The van der Waals surface area contributed by atoms with Crippen LogP contribution in [0.3, 0.4) is 0 Å². The lowest BCUT2D eigenvalue weighted by Gasteiger charge is -2.63. The van der Waals surface area contributed by atoms with Gasteiger partial charge in [-0.15, -0.1) is 0 Å². The van der Waals surface area contributed by atoms with E-state index in [0.29, 0.717) is 22.9 Å². The average molecular weight is 591 g/mol. The van der Waals surface area contributed by atoms with Crippen molar-refractivity contribution < 1.29 is 0 Å². The molecule has 4 nitrogen and oxygen atoms in total. The molecule has 0 N–H and O–H groups in total. The highest BCUT2D eigenvalue weighted by Crippen LogP contribution is 2.73. The highest BCUT2D eigenvalue weighted by Gasteiger charge is 2.74. The molecule has 0 radical (unpaired) electrons. The fourth-order valence-electron chi connectivity index (χ4n) is 15.0. The van der Waals surface area contributed by atoms with E-state index in [4.69, 9.17) is 0 Å². The van der Waals surface area contributed by atoms with Crippen molar-refractivity contribution in [3.05, 3.63) is 59.2 Å². The van der Waals surface area contributed by atoms with Crippen LogP contribution >= 0.6 is 0 Å². The Morgan fingerprint density at radius 2 is 1.41 bits per heavy atom. The van der Waals surface area contributed by atoms with Gasteiger partial charge < -0.3 is 9.80 Å². The van der Waals surface area contributed by atoms with Gasteiger partial charge in [0.1, 0.15) is 0 Å². The highest BCUT2D eigenvalue weighted by atomic mass is 15.3. The molecule has 2 aromatic carbocycles. The van der Waals surface area contributed by atoms with Crippen LogP contribution in [0.5, 0.6) is 0 Å². The average Bonchev–Trinajstić information content (AvgIpc) is 3.79. The van der Waals surface area contributed by atoms with E-state index >= 15 is 0 Å². The number of anilines is 2. The Morgan fingerprint density at radius 1 is 0.682 bits per heavy atom. The number of para-hydroxylation sites is 1. The van der Waals surface area contributed by atoms with Crippen LogP contribution in [0.15, 0.2) is 42.5 Å². The largest absolute Gasteiger partial charge is 0.370 e. The zero-order valence-electron chi connectivity index (χ0n) is 27.9. The standard InChI is InChI=1S/C40H54N4/c1-5-36-16-9-23-43-25-21-38(34(36)43)30-27-28(13-14-31(30)41(3)33(38)15-18-36)40-20-19-37(6-2)17-10-24-44-26-22-39(40,35(37)44)29-11-7-8-12-32(29)42(40)4/h7-8,11-14,27,33-35H,5-6,9-10,15-26H2,1-4H3/t33-,34-,35-,36-,37-,38-,39+,40+/m0/s1. The third-order valence-corrected chi connectivity index (χ3v) is 16.5. The molecule has 10 rings (SSSR count). The summed E-state index contributed by atoms with van der Waals surface area (Å²) in [5.41, 5.74) is 9.57. The first-order valence-corrected chi connectivity index (χ1v) is 18.6. The summed E-state index contributed by atoms with van der Waals surface area (Å²) in [5.74, 6) is 0. The number of fused-ring (bicyclic) bond motifs is 2. The minimum absolute atomic E-state index is 0.0236. The summed E-state index contributed by atoms with van der Waals surface area (Å²) in [6.45, 7) is 10.2. The van der Waals surface area contributed by atoms with E-state index in [0.717, 1.165) is 6.04 Å². The maximum atomic E-state index is 2.99. The predicted molar refractivity (Wildman–Crippen MR) is 181 cm³/mol. The summed E-state index contributed by atoms with van der Waals surface area (Å²) in [6.07, 6.45) is 16.4. The molecule has 44 heavy (non-hydrogen) atoms. The Balaban J connectivity index is 1.21. The van der Waals surface area contributed by atoms with Crippen LogP contribution in [-0.2, 0) is 16.4 Å². The van der Waals surface area contributed by atoms with Crippen molar-refractivity contribution in [1.82, 2.24) is 9.80 Å². The van der Waals surface area contributed by atoms with Gasteiger partial charge in [-0.05, 0) is 143 Å². The summed E-state index contributed by atoms with van der Waals surface area (Å²) in [7, 11) is 4.94. The molecule has 8 aliphatic rings. The minimum atomic E-state index is 0.0236. The summed E-state index contributed by atoms with van der Waals surface area (Å²) in [4.78, 5) is 11.6. The molecule has 2 spiro atoms. The van der Waals surface area contributed by atoms with Gasteiger partial charge in [0.2, 0.25) is 0 Å². The molecule has 4 heteroatoms. The van der Waals surface area contributed by atoms with Crippen LogP contribution in [0.25, 0.3) is 0 Å². The zero-order valence-corrected chi connectivity index (χ0v) is 27.9. The predicted octanol–water partition coefficient (Wildman–Crippen LogP) is 7.44. The van der Waals surface area contributed by atoms with Crippen LogP contribution in [0.1, 0.15) is 108 Å². The van der Waals surface area contributed by atoms with E-state index in [2.05, 4.69) is 90.0 Å². The summed E-state index contributed by atoms with van der Waals surface area (Å²) in [6, 6.07) is 19.8. The van der Waals surface area contributed by atoms with Gasteiger partial charge in [-0.1, -0.05) is 44.2 Å². The van der Waals surface area contributed by atoms with Crippen molar-refractivity contribution in [3.8, 4) is 0 Å². The Labute approximate surface area is 266 Å². The molecule has 2 aromatic rings. The van der Waals surface area contributed by atoms with Gasteiger partial charge in [0.25, 0.3) is 0 Å². The molecule has 6 aliphatic heterocycles. The van der Waals surface area contributed by atoms with E-state index in [9.17, 15) is 0 Å². The molecule has 0 unspecified atom stereocenters. The second-order valence-electron chi connectivity index (χ2n) is 16.9. The van der Waals surface area contributed by atoms with Crippen LogP contribution in [-0.4, -0.2) is 68.2 Å². The Morgan fingerprint density at radius 3 is 2.20 bits per heavy atom. The number of likely N-dealkylation sites (N-methyl/N-ethyl adjacent to an activating group) is 2. The lowest BCUT2D eigenvalue weighted by atomic mass is 9.46. The van der Waals surface area contributed by atoms with Gasteiger partial charge in [-0.2, -0.15) is 0 Å². The SMILES string of the molecule is CC[C@]12CCCN3CC[C@@]4(c5cc([C@]67CC[C@]8(CC)CCCN9CC[C@@]6(c6ccccc6N7C)[C@@H]98)ccc5N(C)[C@H]4CC1)[C@@H]32. The normalized spacial score (nSPS) is 45.0. The molecular formula is C40H54N4. The van der Waals surface area contributed by atoms with Gasteiger partial charge in [0.05, 0.1) is 5.54 Å². The minimum Gasteiger partial charge on any atom is -0.370 e. The Kier molecular flexibility index (Phi) is 5.33. The smallest absolute Gasteiger partial charge is 0.0763 e. The van der Waals surface area contributed by atoms with Gasteiger partial charge >= 0.3 is 0 Å². The van der Waals surface area contributed by atoms with Crippen molar-refractivity contribution in [2.24, 2.45) is 10.8 Å². The van der Waals surface area contributed by atoms with E-state index in [1.54, 1.807) is 22.4 Å². The number of hydrogen-bond donors (Lipinski definition) is 0. The van der Waals surface area contributed by atoms with E-state index in [-0.39, 0.29) is 16.4 Å². The van der Waals surface area contributed by atoms with Crippen LogP contribution < -0.4 is 9.80 Å². The zero-order chi connectivity index (χ0) is 29.7. The van der Waals surface area contributed by atoms with Crippen LogP contribution in [0.2, 0.25) is 0 Å². The van der Waals surface area contributed by atoms with Crippen molar-refractivity contribution in [2.45, 2.75) is 125 Å². The first-order valence-electron chi connectivity index (χ1n) is 18.6. The maximum Gasteiger partial charge on any atom is 0.0763 e. The second-order valence-corrected chi connectivity index (χ2v) is 16.9. The quantitative estimate of drug-likeness (QED) is 0.368. The maximum absolute atomic E-state index is 2.99. The van der Waals surface area contributed by atoms with E-state index in [1.807, 2.05) is 0 Å². The summed E-state index contributed by atoms with van der Waals surface area (Å²) >= 11 is 0. The van der Waals surface area contributed by atoms with E-state index < -0.39 is 0 Å². The number of piperidine rings is 2. The van der Waals surface area contributed by atoms with Crippen molar-refractivity contribution in [2.75, 3.05) is 50.1 Å². The first kappa shape index (κ1) is 27.1. The van der Waals surface area contributed by atoms with Gasteiger partial charge in [0, 0.05) is 54.4 Å². The van der Waals surface area contributed by atoms with E-state index in [1.165, 1.54) is 109 Å². The van der Waals surface area contributed by atoms with Gasteiger partial charge in [-0.25, -0.2) is 0 Å². The molecule has 6 fully saturated rings. The monoisotopic (exact) mass is 590 g/mol. The van der Waals surface area contributed by atoms with Crippen LogP contribution in [0.4, 0.5) is 11.4 Å². The fraction of sp³-hybridized carbons (Fsp3) is 0.700. The molecule has 4 saturated heterocycles. The number of nitrogens with zero attached hydrogens (tertiary/aromatic N) is 4. The molecule has 0 aromatic heterocycles. The second kappa shape index (κ2) is 8.65. The molecule has 2 aliphatic carbocycles. The summed E-state index contributed by atoms with van der Waals surface area (Å²) in [5, 5.41) is 0. The molecule has 2 saturated carbocycles. The fourth-order valence-corrected chi connectivity index (χ4v) is 15.0. The first-order chi connectivity index (χ1) is 21.4. The molecule has 234 valence electrons. The lowest BCUT2D eigenvalue weighted by molar-refractivity contribution is -0.0611. The van der Waals surface area contributed by atoms with Crippen molar-refractivity contribution >= 4 is 11.4 Å². The Hall–Kier alpha value is -2.04. The lowest BCUT2D eigenvalue weighted by Crippen LogP contribution is -2.69. The molecular weight excluding hydrogens is 536 g/mol. The van der Waals surface area contributed by atoms with Gasteiger partial charge in [-0.3, -0.25) is 9.80 Å². The molecule has 0 amide bonds. The molecule has 6 heterocycles. The number of benzene rings is 2. The topological polar surface area (TPSA) is 13.0 Å². The van der Waals surface area contributed by atoms with Crippen molar-refractivity contribution in [3.63, 3.8) is 0 Å². The third kappa shape index (κ3) is 2.70. The molecule has 8 atom stereocenters. The van der Waals surface area contributed by atoms with Crippen LogP contribution in [0, 0.1) is 10.8 Å². The molecule has 0 bridgehead atoms. The van der Waals surface area contributed by atoms with Crippen molar-refractivity contribution in [1.29, 1.82) is 0 Å². The highest BCUT2D eigenvalue weighted by molar-refractivity contribution is 5.73. The Bertz CT molecular complexity index is 1530.